The number of hydrogen-bond acceptors (Lipinski definition) is 5. The van der Waals surface area contributed by atoms with Crippen molar-refractivity contribution in [2.75, 3.05) is 20.3 Å². The molecule has 32 heavy (non-hydrogen) atoms. The fourth-order valence-electron chi connectivity index (χ4n) is 3.69. The van der Waals surface area contributed by atoms with E-state index >= 15 is 0 Å². The highest BCUT2D eigenvalue weighted by molar-refractivity contribution is 5.69. The van der Waals surface area contributed by atoms with Gasteiger partial charge in [0.15, 0.2) is 0 Å². The van der Waals surface area contributed by atoms with Crippen LogP contribution in [0.15, 0.2) is 24.3 Å². The largest absolute Gasteiger partial charge is 0.497 e. The monoisotopic (exact) mass is 450 g/mol. The molecule has 0 fully saturated rings. The number of rotatable bonds is 21. The summed E-state index contributed by atoms with van der Waals surface area (Å²) in [5.41, 5.74) is 1.00. The Morgan fingerprint density at radius 2 is 1.38 bits per heavy atom. The summed E-state index contributed by atoms with van der Waals surface area (Å²) in [4.78, 5) is 12.0. The van der Waals surface area contributed by atoms with Crippen LogP contribution >= 0.6 is 0 Å². The van der Waals surface area contributed by atoms with Crippen LogP contribution in [0.3, 0.4) is 0 Å². The van der Waals surface area contributed by atoms with Crippen LogP contribution in [0.5, 0.6) is 5.75 Å². The quantitative estimate of drug-likeness (QED) is 0.169. The lowest BCUT2D eigenvalue weighted by Crippen LogP contribution is -2.27. The van der Waals surface area contributed by atoms with Gasteiger partial charge in [0.1, 0.15) is 11.9 Å². The zero-order chi connectivity index (χ0) is 23.3. The Hall–Kier alpha value is -1.59. The van der Waals surface area contributed by atoms with Crippen LogP contribution in [0.1, 0.15) is 102 Å². The standard InChI is InChI=1S/C27H46O5/c1-3-4-5-6-7-8-9-10-11-12-13-14-15-16-27(29)32-26(21-28)23-31-22-24-17-19-25(30-2)20-18-24/h17-20,26,28H,3-16,21-23H2,1-2H3/t26-/m1/s1. The molecule has 0 aliphatic rings. The van der Waals surface area contributed by atoms with Crippen LogP contribution in [0.25, 0.3) is 0 Å². The maximum Gasteiger partial charge on any atom is 0.306 e. The molecule has 0 bridgehead atoms. The number of carbonyl (C=O) groups is 1. The summed E-state index contributed by atoms with van der Waals surface area (Å²) in [6.07, 6.45) is 16.4. The first-order valence-corrected chi connectivity index (χ1v) is 12.7. The van der Waals surface area contributed by atoms with Gasteiger partial charge in [0.05, 0.1) is 26.9 Å². The van der Waals surface area contributed by atoms with Gasteiger partial charge >= 0.3 is 5.97 Å². The smallest absolute Gasteiger partial charge is 0.306 e. The molecule has 1 atom stereocenters. The number of esters is 1. The number of aliphatic hydroxyl groups excluding tert-OH is 1. The Kier molecular flexibility index (Phi) is 17.8. The second-order valence-electron chi connectivity index (χ2n) is 8.65. The predicted octanol–water partition coefficient (Wildman–Crippen LogP) is 6.60. The van der Waals surface area contributed by atoms with Crippen molar-refractivity contribution in [3.8, 4) is 5.75 Å². The number of unbranched alkanes of at least 4 members (excludes halogenated alkanes) is 12. The molecule has 0 heterocycles. The van der Waals surface area contributed by atoms with Gasteiger partial charge in [0.25, 0.3) is 0 Å². The van der Waals surface area contributed by atoms with Gasteiger partial charge in [-0.05, 0) is 24.1 Å². The van der Waals surface area contributed by atoms with Crippen molar-refractivity contribution in [1.29, 1.82) is 0 Å². The van der Waals surface area contributed by atoms with Gasteiger partial charge in [0, 0.05) is 6.42 Å². The average Bonchev–Trinajstić information content (AvgIpc) is 2.81. The molecule has 0 aliphatic heterocycles. The number of methoxy groups -OCH3 is 1. The molecule has 0 saturated heterocycles. The Morgan fingerprint density at radius 1 is 0.844 bits per heavy atom. The van der Waals surface area contributed by atoms with E-state index in [9.17, 15) is 9.90 Å². The van der Waals surface area contributed by atoms with Crippen molar-refractivity contribution in [3.63, 3.8) is 0 Å². The van der Waals surface area contributed by atoms with Crippen LogP contribution in [0, 0.1) is 0 Å². The number of ether oxygens (including phenoxy) is 3. The van der Waals surface area contributed by atoms with E-state index in [4.69, 9.17) is 14.2 Å². The van der Waals surface area contributed by atoms with E-state index in [-0.39, 0.29) is 19.2 Å². The van der Waals surface area contributed by atoms with Crippen LogP contribution in [0.2, 0.25) is 0 Å². The Labute approximate surface area is 195 Å². The third-order valence-electron chi connectivity index (χ3n) is 5.72. The van der Waals surface area contributed by atoms with Gasteiger partial charge in [-0.3, -0.25) is 4.79 Å². The molecule has 5 heteroatoms. The molecule has 1 aromatic rings. The van der Waals surface area contributed by atoms with E-state index < -0.39 is 6.10 Å². The number of benzene rings is 1. The molecule has 0 saturated carbocycles. The summed E-state index contributed by atoms with van der Waals surface area (Å²) in [5, 5.41) is 9.45. The number of hydrogen-bond donors (Lipinski definition) is 1. The number of carbonyl (C=O) groups excluding carboxylic acids is 1. The molecule has 0 spiro atoms. The second kappa shape index (κ2) is 20.0. The lowest BCUT2D eigenvalue weighted by molar-refractivity contribution is -0.155. The highest BCUT2D eigenvalue weighted by atomic mass is 16.6. The maximum atomic E-state index is 12.0. The molecular formula is C27H46O5. The van der Waals surface area contributed by atoms with Crippen molar-refractivity contribution >= 4 is 5.97 Å². The highest BCUT2D eigenvalue weighted by Gasteiger charge is 2.13. The molecular weight excluding hydrogens is 404 g/mol. The summed E-state index contributed by atoms with van der Waals surface area (Å²) < 4.78 is 16.1. The van der Waals surface area contributed by atoms with Crippen molar-refractivity contribution in [2.24, 2.45) is 0 Å². The molecule has 0 amide bonds. The molecule has 1 N–H and O–H groups in total. The zero-order valence-corrected chi connectivity index (χ0v) is 20.5. The van der Waals surface area contributed by atoms with Gasteiger partial charge in [-0.25, -0.2) is 0 Å². The minimum Gasteiger partial charge on any atom is -0.497 e. The SMILES string of the molecule is CCCCCCCCCCCCCCCC(=O)O[C@H](CO)COCc1ccc(OC)cc1. The summed E-state index contributed by atoms with van der Waals surface area (Å²) >= 11 is 0. The lowest BCUT2D eigenvalue weighted by atomic mass is 10.0. The van der Waals surface area contributed by atoms with E-state index in [1.165, 1.54) is 70.6 Å². The zero-order valence-electron chi connectivity index (χ0n) is 20.5. The third-order valence-corrected chi connectivity index (χ3v) is 5.72. The minimum atomic E-state index is -0.609. The van der Waals surface area contributed by atoms with Gasteiger partial charge in [0.2, 0.25) is 0 Å². The molecule has 0 unspecified atom stereocenters. The van der Waals surface area contributed by atoms with Crippen LogP contribution in [-0.2, 0) is 20.9 Å². The first-order valence-electron chi connectivity index (χ1n) is 12.7. The summed E-state index contributed by atoms with van der Waals surface area (Å²) in [5.74, 6) is 0.546. The Bertz CT molecular complexity index is 558. The second-order valence-corrected chi connectivity index (χ2v) is 8.65. The summed E-state index contributed by atoms with van der Waals surface area (Å²) in [6.45, 7) is 2.62. The molecule has 0 aromatic heterocycles. The topological polar surface area (TPSA) is 65.0 Å². The first-order chi connectivity index (χ1) is 15.7. The van der Waals surface area contributed by atoms with E-state index in [1.807, 2.05) is 24.3 Å². The Balaban J connectivity index is 1.97. The predicted molar refractivity (Wildman–Crippen MR) is 130 cm³/mol. The van der Waals surface area contributed by atoms with Crippen molar-refractivity contribution in [2.45, 2.75) is 110 Å². The van der Waals surface area contributed by atoms with Gasteiger partial charge in [-0.2, -0.15) is 0 Å². The lowest BCUT2D eigenvalue weighted by Gasteiger charge is -2.16. The maximum absolute atomic E-state index is 12.0. The molecule has 5 nitrogen and oxygen atoms in total. The van der Waals surface area contributed by atoms with E-state index in [1.54, 1.807) is 7.11 Å². The van der Waals surface area contributed by atoms with E-state index in [0.29, 0.717) is 13.0 Å². The van der Waals surface area contributed by atoms with Gasteiger partial charge in [-0.15, -0.1) is 0 Å². The van der Waals surface area contributed by atoms with Crippen LogP contribution < -0.4 is 4.74 Å². The van der Waals surface area contributed by atoms with E-state index in [2.05, 4.69) is 6.92 Å². The van der Waals surface area contributed by atoms with Crippen molar-refractivity contribution in [3.05, 3.63) is 29.8 Å². The normalized spacial score (nSPS) is 12.0. The molecule has 1 aromatic carbocycles. The minimum absolute atomic E-state index is 0.187. The fraction of sp³-hybridized carbons (Fsp3) is 0.741. The first kappa shape index (κ1) is 28.4. The van der Waals surface area contributed by atoms with Gasteiger partial charge in [-0.1, -0.05) is 96.1 Å². The summed E-state index contributed by atoms with van der Waals surface area (Å²) in [7, 11) is 1.63. The highest BCUT2D eigenvalue weighted by Crippen LogP contribution is 2.14. The average molecular weight is 451 g/mol. The molecule has 1 rings (SSSR count). The molecule has 184 valence electrons. The molecule has 0 radical (unpaired) electrons. The van der Waals surface area contributed by atoms with Crippen molar-refractivity contribution in [1.82, 2.24) is 0 Å². The van der Waals surface area contributed by atoms with Crippen molar-refractivity contribution < 1.29 is 24.1 Å². The van der Waals surface area contributed by atoms with Crippen LogP contribution in [-0.4, -0.2) is 37.5 Å². The van der Waals surface area contributed by atoms with Crippen LogP contribution in [0.4, 0.5) is 0 Å². The molecule has 0 aliphatic carbocycles. The van der Waals surface area contributed by atoms with Gasteiger partial charge < -0.3 is 19.3 Å². The van der Waals surface area contributed by atoms with E-state index in [0.717, 1.165) is 24.2 Å². The third kappa shape index (κ3) is 15.3. The number of aliphatic hydroxyl groups is 1. The fourth-order valence-corrected chi connectivity index (χ4v) is 3.69. The summed E-state index contributed by atoms with van der Waals surface area (Å²) in [6, 6.07) is 7.59. The Morgan fingerprint density at radius 3 is 1.88 bits per heavy atom.